The maximum Gasteiger partial charge on any atom is 0.426 e. The molecule has 2 nitrogen and oxygen atoms in total. The molecule has 98 valence electrons. The van der Waals surface area contributed by atoms with Gasteiger partial charge >= 0.3 is 6.18 Å². The van der Waals surface area contributed by atoms with E-state index in [0.29, 0.717) is 27.8 Å². The van der Waals surface area contributed by atoms with Crippen molar-refractivity contribution in [1.82, 2.24) is 4.68 Å². The van der Waals surface area contributed by atoms with Crippen molar-refractivity contribution in [3.63, 3.8) is 0 Å². The zero-order valence-electron chi connectivity index (χ0n) is 9.61. The van der Waals surface area contributed by atoms with Gasteiger partial charge in [-0.25, -0.2) is 0 Å². The van der Waals surface area contributed by atoms with Crippen LogP contribution < -0.4 is 5.84 Å². The summed E-state index contributed by atoms with van der Waals surface area (Å²) in [5, 5.41) is 2.16. The van der Waals surface area contributed by atoms with Gasteiger partial charge in [-0.05, 0) is 17.5 Å². The minimum atomic E-state index is -4.35. The van der Waals surface area contributed by atoms with Crippen LogP contribution in [0.1, 0.15) is 4.88 Å². The van der Waals surface area contributed by atoms with E-state index in [1.54, 1.807) is 24.3 Å². The number of hydrogen-bond acceptors (Lipinski definition) is 2. The summed E-state index contributed by atoms with van der Waals surface area (Å²) in [4.78, 5) is -0.594. The Morgan fingerprint density at radius 1 is 1.05 bits per heavy atom. The summed E-state index contributed by atoms with van der Waals surface area (Å²) in [6.07, 6.45) is -2.82. The van der Waals surface area contributed by atoms with Crippen molar-refractivity contribution >= 4 is 22.2 Å². The summed E-state index contributed by atoms with van der Waals surface area (Å²) in [6.45, 7) is 0. The molecule has 2 heterocycles. The highest BCUT2D eigenvalue weighted by atomic mass is 32.1. The Morgan fingerprint density at radius 3 is 2.53 bits per heavy atom. The van der Waals surface area contributed by atoms with Crippen LogP contribution in [0.25, 0.3) is 22.0 Å². The average molecular weight is 282 g/mol. The number of hydrogen-bond donors (Lipinski definition) is 1. The number of halogens is 3. The second-order valence-corrected chi connectivity index (χ2v) is 5.04. The molecule has 0 aliphatic heterocycles. The van der Waals surface area contributed by atoms with Crippen molar-refractivity contribution in [2.24, 2.45) is 0 Å². The molecule has 0 aliphatic rings. The molecule has 0 saturated heterocycles. The van der Waals surface area contributed by atoms with Gasteiger partial charge in [0.15, 0.2) is 0 Å². The zero-order chi connectivity index (χ0) is 13.6. The Kier molecular flexibility index (Phi) is 2.56. The predicted octanol–water partition coefficient (Wildman–Crippen LogP) is 4.10. The fraction of sp³-hybridized carbons (Fsp3) is 0.0769. The molecule has 0 fully saturated rings. The van der Waals surface area contributed by atoms with Gasteiger partial charge in [-0.2, -0.15) is 13.2 Å². The Morgan fingerprint density at radius 2 is 1.79 bits per heavy atom. The number of nitrogens with two attached hydrogens (primary N) is 1. The lowest BCUT2D eigenvalue weighted by Gasteiger charge is -2.06. The third-order valence-corrected chi connectivity index (χ3v) is 3.91. The number of alkyl halides is 3. The Bertz CT molecular complexity index is 740. The van der Waals surface area contributed by atoms with E-state index in [9.17, 15) is 13.2 Å². The predicted molar refractivity (Wildman–Crippen MR) is 70.4 cm³/mol. The first-order valence-electron chi connectivity index (χ1n) is 5.48. The van der Waals surface area contributed by atoms with Crippen molar-refractivity contribution in [2.45, 2.75) is 6.18 Å². The Labute approximate surface area is 110 Å². The molecule has 0 aliphatic carbocycles. The molecule has 0 spiro atoms. The van der Waals surface area contributed by atoms with Crippen molar-refractivity contribution in [2.75, 3.05) is 5.84 Å². The van der Waals surface area contributed by atoms with E-state index >= 15 is 0 Å². The largest absolute Gasteiger partial charge is 0.426 e. The SMILES string of the molecule is Nn1cc(-c2ccsc2C(F)(F)F)c2ccccc21. The van der Waals surface area contributed by atoms with Gasteiger partial charge in [0.05, 0.1) is 5.52 Å². The average Bonchev–Trinajstić information content (AvgIpc) is 2.94. The molecule has 3 rings (SSSR count). The lowest BCUT2D eigenvalue weighted by Crippen LogP contribution is -2.05. The van der Waals surface area contributed by atoms with Crippen molar-refractivity contribution in [3.8, 4) is 11.1 Å². The van der Waals surface area contributed by atoms with Gasteiger partial charge in [-0.3, -0.25) is 4.68 Å². The summed E-state index contributed by atoms with van der Waals surface area (Å²) < 4.78 is 40.2. The maximum atomic E-state index is 12.9. The van der Waals surface area contributed by atoms with Crippen LogP contribution in [0.5, 0.6) is 0 Å². The van der Waals surface area contributed by atoms with Crippen LogP contribution in [0.2, 0.25) is 0 Å². The first-order valence-corrected chi connectivity index (χ1v) is 6.36. The fourth-order valence-electron chi connectivity index (χ4n) is 2.16. The number of thiophene rings is 1. The Hall–Kier alpha value is -1.95. The first kappa shape index (κ1) is 12.1. The van der Waals surface area contributed by atoms with Crippen molar-refractivity contribution in [1.29, 1.82) is 0 Å². The number of aromatic nitrogens is 1. The normalized spacial score (nSPS) is 12.2. The zero-order valence-corrected chi connectivity index (χ0v) is 10.4. The van der Waals surface area contributed by atoms with E-state index in [-0.39, 0.29) is 5.56 Å². The third-order valence-electron chi connectivity index (χ3n) is 2.95. The van der Waals surface area contributed by atoms with Gasteiger partial charge in [-0.15, -0.1) is 11.3 Å². The highest BCUT2D eigenvalue weighted by Crippen LogP contribution is 2.42. The van der Waals surface area contributed by atoms with Crippen LogP contribution in [0, 0.1) is 0 Å². The summed E-state index contributed by atoms with van der Waals surface area (Å²) in [5.41, 5.74) is 1.39. The number of nitrogens with zero attached hydrogens (tertiary/aromatic N) is 1. The smallest absolute Gasteiger partial charge is 0.339 e. The van der Waals surface area contributed by atoms with Gasteiger partial charge < -0.3 is 5.84 Å². The van der Waals surface area contributed by atoms with Crippen LogP contribution in [0.3, 0.4) is 0 Å². The van der Waals surface area contributed by atoms with E-state index in [1.165, 1.54) is 22.3 Å². The summed E-state index contributed by atoms with van der Waals surface area (Å²) in [7, 11) is 0. The molecule has 2 N–H and O–H groups in total. The van der Waals surface area contributed by atoms with Crippen molar-refractivity contribution in [3.05, 3.63) is 46.8 Å². The fourth-order valence-corrected chi connectivity index (χ4v) is 2.94. The second-order valence-electron chi connectivity index (χ2n) is 4.13. The molecule has 0 unspecified atom stereocenters. The molecule has 2 aromatic heterocycles. The van der Waals surface area contributed by atoms with Gasteiger partial charge in [-0.1, -0.05) is 18.2 Å². The van der Waals surface area contributed by atoms with Crippen LogP contribution >= 0.6 is 11.3 Å². The van der Waals surface area contributed by atoms with Gasteiger partial charge in [0.2, 0.25) is 0 Å². The molecule has 0 bridgehead atoms. The third kappa shape index (κ3) is 1.88. The van der Waals surface area contributed by atoms with Crippen LogP contribution in [-0.4, -0.2) is 4.68 Å². The van der Waals surface area contributed by atoms with E-state index in [2.05, 4.69) is 0 Å². The van der Waals surface area contributed by atoms with E-state index in [0.717, 1.165) is 0 Å². The summed E-state index contributed by atoms with van der Waals surface area (Å²) >= 11 is 0.694. The molecular formula is C13H9F3N2S. The molecule has 19 heavy (non-hydrogen) atoms. The number of para-hydroxylation sites is 1. The number of rotatable bonds is 1. The molecule has 6 heteroatoms. The Balaban J connectivity index is 2.29. The molecule has 0 amide bonds. The van der Waals surface area contributed by atoms with E-state index in [4.69, 9.17) is 5.84 Å². The monoisotopic (exact) mass is 282 g/mol. The highest BCUT2D eigenvalue weighted by Gasteiger charge is 2.35. The minimum Gasteiger partial charge on any atom is -0.339 e. The first-order chi connectivity index (χ1) is 8.98. The molecule has 3 aromatic rings. The van der Waals surface area contributed by atoms with Crippen LogP contribution in [0.4, 0.5) is 13.2 Å². The summed E-state index contributed by atoms with van der Waals surface area (Å²) in [5.74, 6) is 5.78. The molecule has 0 saturated carbocycles. The molecule has 1 aromatic carbocycles. The van der Waals surface area contributed by atoms with E-state index in [1.807, 2.05) is 0 Å². The molecule has 0 radical (unpaired) electrons. The highest BCUT2D eigenvalue weighted by molar-refractivity contribution is 7.10. The topological polar surface area (TPSA) is 30.9 Å². The van der Waals surface area contributed by atoms with Crippen molar-refractivity contribution < 1.29 is 13.2 Å². The molecule has 0 atom stereocenters. The number of nitrogen functional groups attached to an aromatic ring is 1. The number of fused-ring (bicyclic) bond motifs is 1. The second kappa shape index (κ2) is 4.03. The van der Waals surface area contributed by atoms with Gasteiger partial charge in [0, 0.05) is 22.7 Å². The minimum absolute atomic E-state index is 0.179. The van der Waals surface area contributed by atoms with Crippen LogP contribution in [-0.2, 0) is 6.18 Å². The van der Waals surface area contributed by atoms with Gasteiger partial charge in [0.1, 0.15) is 4.88 Å². The number of benzene rings is 1. The quantitative estimate of drug-likeness (QED) is 0.669. The standard InChI is InChI=1S/C13H9F3N2S/c14-13(15,16)12-9(5-6-19-12)10-7-18(17)11-4-2-1-3-8(10)11/h1-7H,17H2. The van der Waals surface area contributed by atoms with Gasteiger partial charge in [0.25, 0.3) is 0 Å². The lowest BCUT2D eigenvalue weighted by atomic mass is 10.1. The lowest BCUT2D eigenvalue weighted by molar-refractivity contribution is -0.133. The van der Waals surface area contributed by atoms with Crippen LogP contribution in [0.15, 0.2) is 41.9 Å². The maximum absolute atomic E-state index is 12.9. The summed E-state index contributed by atoms with van der Waals surface area (Å²) in [6, 6.07) is 8.61. The van der Waals surface area contributed by atoms with E-state index < -0.39 is 11.1 Å². The molecular weight excluding hydrogens is 273 g/mol.